The number of hydrogen-bond donors (Lipinski definition) is 1. The topological polar surface area (TPSA) is 68.6 Å². The van der Waals surface area contributed by atoms with E-state index in [0.29, 0.717) is 58.7 Å². The quantitative estimate of drug-likeness (QED) is 0.516. The van der Waals surface area contributed by atoms with Gasteiger partial charge >= 0.3 is 6.36 Å². The van der Waals surface area contributed by atoms with E-state index < -0.39 is 6.36 Å². The van der Waals surface area contributed by atoms with Gasteiger partial charge in [0.1, 0.15) is 11.6 Å². The van der Waals surface area contributed by atoms with Crippen molar-refractivity contribution in [2.45, 2.75) is 6.36 Å². The van der Waals surface area contributed by atoms with E-state index in [-0.39, 0.29) is 24.1 Å². The maximum Gasteiger partial charge on any atom is 0.573 e. The summed E-state index contributed by atoms with van der Waals surface area (Å²) in [6, 6.07) is 5.71. The van der Waals surface area contributed by atoms with E-state index in [1.54, 1.807) is 4.90 Å². The van der Waals surface area contributed by atoms with Crippen LogP contribution < -0.4 is 10.1 Å². The van der Waals surface area contributed by atoms with Crippen LogP contribution in [0.5, 0.6) is 5.75 Å². The Morgan fingerprint density at radius 3 is 2.62 bits per heavy atom. The highest BCUT2D eigenvalue weighted by Gasteiger charge is 2.31. The Labute approximate surface area is 196 Å². The number of anilines is 2. The molecule has 12 heteroatoms. The monoisotopic (exact) mass is 534 g/mol. The molecule has 1 amide bonds. The molecule has 172 valence electrons. The van der Waals surface area contributed by atoms with Crippen molar-refractivity contribution in [3.05, 3.63) is 46.7 Å². The molecule has 0 aliphatic carbocycles. The van der Waals surface area contributed by atoms with E-state index in [9.17, 15) is 18.0 Å². The van der Waals surface area contributed by atoms with Crippen LogP contribution in [0.4, 0.5) is 24.7 Å². The van der Waals surface area contributed by atoms with Gasteiger partial charge in [0.15, 0.2) is 0 Å². The third kappa shape index (κ3) is 5.11. The van der Waals surface area contributed by atoms with Gasteiger partial charge in [0.25, 0.3) is 5.91 Å². The fourth-order valence-corrected chi connectivity index (χ4v) is 3.89. The van der Waals surface area contributed by atoms with Crippen LogP contribution >= 0.6 is 28.3 Å². The predicted molar refractivity (Wildman–Crippen MR) is 119 cm³/mol. The average Bonchev–Trinajstić information content (AvgIpc) is 3.11. The fourth-order valence-electron chi connectivity index (χ4n) is 3.43. The van der Waals surface area contributed by atoms with Gasteiger partial charge in [-0.3, -0.25) is 4.79 Å². The molecule has 3 heterocycles. The lowest BCUT2D eigenvalue weighted by molar-refractivity contribution is -0.274. The molecule has 0 saturated carbocycles. The maximum atomic E-state index is 13.0. The zero-order valence-electron chi connectivity index (χ0n) is 16.8. The highest BCUT2D eigenvalue weighted by atomic mass is 79.9. The first kappa shape index (κ1) is 24.1. The second-order valence-electron chi connectivity index (χ2n) is 6.93. The zero-order valence-corrected chi connectivity index (χ0v) is 19.2. The number of fused-ring (bicyclic) bond motifs is 1. The van der Waals surface area contributed by atoms with Crippen LogP contribution in [-0.2, 0) is 11.8 Å². The number of benzene rings is 1. The summed E-state index contributed by atoms with van der Waals surface area (Å²) in [5, 5.41) is 3.82. The minimum absolute atomic E-state index is 0. The lowest BCUT2D eigenvalue weighted by Crippen LogP contribution is -2.40. The second-order valence-corrected chi connectivity index (χ2v) is 7.78. The number of nitrogens with zero attached hydrogens (tertiary/aromatic N) is 3. The number of carbonyl (C=O) groups is 1. The zero-order chi connectivity index (χ0) is 22.2. The number of hydrogen-bond acceptors (Lipinski definition) is 5. The summed E-state index contributed by atoms with van der Waals surface area (Å²) >= 11 is 3.26. The van der Waals surface area contributed by atoms with Crippen LogP contribution in [0.3, 0.4) is 0 Å². The maximum absolute atomic E-state index is 13.0. The smallest absolute Gasteiger partial charge is 0.406 e. The van der Waals surface area contributed by atoms with E-state index in [1.807, 2.05) is 23.9 Å². The van der Waals surface area contributed by atoms with Crippen molar-refractivity contribution < 1.29 is 27.4 Å². The van der Waals surface area contributed by atoms with Crippen LogP contribution in [0.1, 0.15) is 10.4 Å². The summed E-state index contributed by atoms with van der Waals surface area (Å²) in [5.74, 6) is 0.0116. The molecule has 0 radical (unpaired) electrons. The Balaban J connectivity index is 0.00000289. The number of carbonyl (C=O) groups excluding carboxylic acids is 1. The molecule has 1 saturated heterocycles. The third-order valence-electron chi connectivity index (χ3n) is 4.86. The minimum Gasteiger partial charge on any atom is -0.406 e. The highest BCUT2D eigenvalue weighted by Crippen LogP contribution is 2.34. The number of rotatable bonds is 4. The van der Waals surface area contributed by atoms with Crippen molar-refractivity contribution in [2.75, 3.05) is 31.6 Å². The lowest BCUT2D eigenvalue weighted by atomic mass is 10.1. The van der Waals surface area contributed by atoms with Gasteiger partial charge in [-0.2, -0.15) is 0 Å². The number of aromatic nitrogens is 2. The standard InChI is InChI=1S/C20H18BrF3N4O3.ClH/c1-27-5-4-13-17(27)14(19(29)28-6-8-30-9-7-28)11-25-18(13)26-16-3-2-12(10-15(16)21)31-20(22,23)24;/h2-5,10-11H,6-9H2,1H3,(H,25,26);1H. The van der Waals surface area contributed by atoms with Crippen molar-refractivity contribution in [3.63, 3.8) is 0 Å². The molecule has 7 nitrogen and oxygen atoms in total. The Morgan fingerprint density at radius 2 is 1.97 bits per heavy atom. The summed E-state index contributed by atoms with van der Waals surface area (Å²) in [7, 11) is 1.83. The summed E-state index contributed by atoms with van der Waals surface area (Å²) in [4.78, 5) is 19.2. The molecule has 1 fully saturated rings. The number of amides is 1. The van der Waals surface area contributed by atoms with Gasteiger partial charge in [-0.1, -0.05) is 0 Å². The fraction of sp³-hybridized carbons (Fsp3) is 0.300. The van der Waals surface area contributed by atoms with Gasteiger partial charge in [0, 0.05) is 42.4 Å². The number of pyridine rings is 1. The van der Waals surface area contributed by atoms with Gasteiger partial charge in [0.2, 0.25) is 0 Å². The van der Waals surface area contributed by atoms with E-state index in [2.05, 4.69) is 31.0 Å². The number of aryl methyl sites for hydroxylation is 1. The normalized spacial score (nSPS) is 14.2. The summed E-state index contributed by atoms with van der Waals surface area (Å²) in [5.41, 5.74) is 1.68. The minimum atomic E-state index is -4.77. The van der Waals surface area contributed by atoms with Gasteiger partial charge in [-0.15, -0.1) is 25.6 Å². The number of halogens is 5. The molecule has 1 N–H and O–H groups in total. The molecule has 0 atom stereocenters. The molecular formula is C20H19BrClF3N4O3. The molecule has 1 aliphatic rings. The number of nitrogens with one attached hydrogen (secondary N) is 1. The molecule has 1 aromatic carbocycles. The highest BCUT2D eigenvalue weighted by molar-refractivity contribution is 9.10. The van der Waals surface area contributed by atoms with E-state index in [0.717, 1.165) is 0 Å². The molecule has 1 aliphatic heterocycles. The Hall–Kier alpha value is -2.50. The van der Waals surface area contributed by atoms with Gasteiger partial charge < -0.3 is 24.3 Å². The van der Waals surface area contributed by atoms with Crippen LogP contribution in [0.15, 0.2) is 41.1 Å². The Kier molecular flexibility index (Phi) is 7.21. The predicted octanol–water partition coefficient (Wildman–Crippen LogP) is 4.87. The van der Waals surface area contributed by atoms with Crippen LogP contribution in [0, 0.1) is 0 Å². The molecule has 2 aromatic heterocycles. The van der Waals surface area contributed by atoms with Crippen molar-refractivity contribution in [3.8, 4) is 5.75 Å². The molecular weight excluding hydrogens is 517 g/mol. The van der Waals surface area contributed by atoms with E-state index in [1.165, 1.54) is 24.4 Å². The number of morpholine rings is 1. The molecule has 3 aromatic rings. The van der Waals surface area contributed by atoms with Crippen LogP contribution in [-0.4, -0.2) is 53.0 Å². The largest absolute Gasteiger partial charge is 0.573 e. The van der Waals surface area contributed by atoms with Crippen LogP contribution in [0.25, 0.3) is 10.9 Å². The van der Waals surface area contributed by atoms with Crippen molar-refractivity contribution in [2.24, 2.45) is 7.05 Å². The molecule has 0 unspecified atom stereocenters. The van der Waals surface area contributed by atoms with Gasteiger partial charge in [0.05, 0.1) is 30.0 Å². The Morgan fingerprint density at radius 1 is 1.25 bits per heavy atom. The van der Waals surface area contributed by atoms with Crippen molar-refractivity contribution in [1.82, 2.24) is 14.5 Å². The second kappa shape index (κ2) is 9.55. The summed E-state index contributed by atoms with van der Waals surface area (Å²) in [6.07, 6.45) is -1.44. The molecule has 32 heavy (non-hydrogen) atoms. The van der Waals surface area contributed by atoms with Gasteiger partial charge in [-0.05, 0) is 40.2 Å². The molecule has 0 bridgehead atoms. The molecule has 0 spiro atoms. The first-order valence-electron chi connectivity index (χ1n) is 9.36. The number of ether oxygens (including phenoxy) is 2. The van der Waals surface area contributed by atoms with Gasteiger partial charge in [-0.25, -0.2) is 4.98 Å². The Bertz CT molecular complexity index is 1130. The summed E-state index contributed by atoms with van der Waals surface area (Å²) < 4.78 is 48.7. The van der Waals surface area contributed by atoms with Crippen molar-refractivity contribution >= 4 is 56.7 Å². The van der Waals surface area contributed by atoms with Crippen molar-refractivity contribution in [1.29, 1.82) is 0 Å². The lowest BCUT2D eigenvalue weighted by Gasteiger charge is -2.27. The average molecular weight is 536 g/mol. The first-order valence-corrected chi connectivity index (χ1v) is 10.2. The molecule has 4 rings (SSSR count). The van der Waals surface area contributed by atoms with Crippen LogP contribution in [0.2, 0.25) is 0 Å². The summed E-state index contributed by atoms with van der Waals surface area (Å²) in [6.45, 7) is 2.03. The first-order chi connectivity index (χ1) is 14.7. The van der Waals surface area contributed by atoms with E-state index in [4.69, 9.17) is 4.74 Å². The SMILES string of the molecule is Cl.Cn1ccc2c(Nc3ccc(OC(F)(F)F)cc3Br)ncc(C(=O)N3CCOCC3)c21. The number of alkyl halides is 3. The third-order valence-corrected chi connectivity index (χ3v) is 5.52. The van der Waals surface area contributed by atoms with E-state index >= 15 is 0 Å².